The molecule has 1 heterocycles. The molecule has 2 rings (SSSR count). The smallest absolute Gasteiger partial charge is 0.395 e. The number of nitro benzene ring substituents is 1. The molecular weight excluding hydrogens is 200 g/mol. The maximum atomic E-state index is 12.5. The minimum Gasteiger partial charge on any atom is -0.395 e. The average molecular weight is 203 g/mol. The molecule has 0 saturated carbocycles. The van der Waals surface area contributed by atoms with E-state index in [1.54, 1.807) is 0 Å². The normalized spacial score (nSPS) is 16.7. The second-order valence-electron chi connectivity index (χ2n) is 2.56. The summed E-state index contributed by atoms with van der Waals surface area (Å²) in [6, 6.07) is 3.01. The van der Waals surface area contributed by atoms with Gasteiger partial charge in [-0.2, -0.15) is 0 Å². The second kappa shape index (κ2) is 2.53. The summed E-state index contributed by atoms with van der Waals surface area (Å²) in [4.78, 5) is 9.58. The minimum atomic E-state index is -3.74. The fourth-order valence-corrected chi connectivity index (χ4v) is 1.05. The van der Waals surface area contributed by atoms with Crippen LogP contribution in [0.25, 0.3) is 0 Å². The van der Waals surface area contributed by atoms with Crippen molar-refractivity contribution in [2.24, 2.45) is 0 Å². The third-order valence-electron chi connectivity index (χ3n) is 1.60. The molecule has 14 heavy (non-hydrogen) atoms. The number of fused-ring (bicyclic) bond motifs is 1. The summed E-state index contributed by atoms with van der Waals surface area (Å²) in [6.45, 7) is 0. The highest BCUT2D eigenvalue weighted by atomic mass is 19.3. The Labute approximate surface area is 76.0 Å². The Bertz CT molecular complexity index is 407. The summed E-state index contributed by atoms with van der Waals surface area (Å²) >= 11 is 0. The van der Waals surface area contributed by atoms with Crippen LogP contribution in [-0.4, -0.2) is 11.2 Å². The van der Waals surface area contributed by atoms with E-state index >= 15 is 0 Å². The van der Waals surface area contributed by atoms with Gasteiger partial charge in [0, 0.05) is 6.07 Å². The number of alkyl halides is 2. The van der Waals surface area contributed by atoms with Crippen molar-refractivity contribution in [2.75, 3.05) is 0 Å². The molecule has 0 aliphatic carbocycles. The largest absolute Gasteiger partial charge is 0.586 e. The van der Waals surface area contributed by atoms with Crippen LogP contribution < -0.4 is 9.47 Å². The van der Waals surface area contributed by atoms with Crippen LogP contribution in [0.1, 0.15) is 0 Å². The molecule has 0 bridgehead atoms. The predicted molar refractivity (Wildman–Crippen MR) is 39.3 cm³/mol. The van der Waals surface area contributed by atoms with Crippen molar-refractivity contribution in [1.29, 1.82) is 0 Å². The van der Waals surface area contributed by atoms with Crippen molar-refractivity contribution in [3.63, 3.8) is 0 Å². The van der Waals surface area contributed by atoms with Crippen molar-refractivity contribution in [2.45, 2.75) is 6.29 Å². The number of halogens is 2. The van der Waals surface area contributed by atoms with Gasteiger partial charge in [0.1, 0.15) is 0 Å². The van der Waals surface area contributed by atoms with Crippen molar-refractivity contribution >= 4 is 5.69 Å². The topological polar surface area (TPSA) is 61.6 Å². The lowest BCUT2D eigenvalue weighted by molar-refractivity contribution is -0.385. The van der Waals surface area contributed by atoms with E-state index in [0.29, 0.717) is 0 Å². The molecule has 74 valence electrons. The highest BCUT2D eigenvalue weighted by Gasteiger charge is 2.43. The number of non-ortho nitro benzene ring substituents is 1. The van der Waals surface area contributed by atoms with Gasteiger partial charge in [-0.15, -0.1) is 8.78 Å². The molecule has 1 aliphatic heterocycles. The number of ether oxygens (including phenoxy) is 2. The monoisotopic (exact) mass is 203 g/mol. The Kier molecular flexibility index (Phi) is 1.57. The summed E-state index contributed by atoms with van der Waals surface area (Å²) in [5.74, 6) is -0.537. The zero-order chi connectivity index (χ0) is 10.3. The number of hydrogen-bond donors (Lipinski definition) is 0. The number of hydrogen-bond acceptors (Lipinski definition) is 4. The van der Waals surface area contributed by atoms with Gasteiger partial charge in [0.25, 0.3) is 5.69 Å². The molecule has 0 spiro atoms. The minimum absolute atomic E-state index is 0.208. The van der Waals surface area contributed by atoms with Crippen LogP contribution in [0.4, 0.5) is 14.5 Å². The fourth-order valence-electron chi connectivity index (χ4n) is 1.05. The van der Waals surface area contributed by atoms with Gasteiger partial charge in [-0.25, -0.2) is 0 Å². The zero-order valence-electron chi connectivity index (χ0n) is 6.57. The van der Waals surface area contributed by atoms with Crippen molar-refractivity contribution in [3.05, 3.63) is 28.3 Å². The standard InChI is InChI=1S/C7H3F2NO4/c8-7(9)13-5-2-1-4(10(11)12)3-6(5)14-7/h1-3H. The van der Waals surface area contributed by atoms with E-state index in [-0.39, 0.29) is 17.2 Å². The fraction of sp³-hybridized carbons (Fsp3) is 0.143. The van der Waals surface area contributed by atoms with E-state index in [0.717, 1.165) is 18.2 Å². The van der Waals surface area contributed by atoms with Gasteiger partial charge < -0.3 is 9.47 Å². The van der Waals surface area contributed by atoms with Gasteiger partial charge in [0.05, 0.1) is 11.0 Å². The molecule has 0 radical (unpaired) electrons. The van der Waals surface area contributed by atoms with Crippen molar-refractivity contribution < 1.29 is 23.2 Å². The molecule has 0 saturated heterocycles. The lowest BCUT2D eigenvalue weighted by atomic mass is 10.3. The molecule has 0 unspecified atom stereocenters. The summed E-state index contributed by atoms with van der Waals surface area (Å²) in [7, 11) is 0. The molecule has 1 aromatic carbocycles. The lowest BCUT2D eigenvalue weighted by Crippen LogP contribution is -2.25. The van der Waals surface area contributed by atoms with Gasteiger partial charge in [0.15, 0.2) is 11.5 Å². The average Bonchev–Trinajstić information content (AvgIpc) is 2.36. The summed E-state index contributed by atoms with van der Waals surface area (Å²) < 4.78 is 33.0. The number of nitro groups is 1. The quantitative estimate of drug-likeness (QED) is 0.516. The van der Waals surface area contributed by atoms with Crippen LogP contribution in [0.3, 0.4) is 0 Å². The van der Waals surface area contributed by atoms with E-state index in [1.165, 1.54) is 0 Å². The summed E-state index contributed by atoms with van der Waals surface area (Å²) in [5.41, 5.74) is -0.329. The molecule has 1 aliphatic rings. The SMILES string of the molecule is O=[N+]([O-])c1ccc2c(c1)OC(F)(F)O2. The highest BCUT2D eigenvalue weighted by Crippen LogP contribution is 2.42. The van der Waals surface area contributed by atoms with Crippen LogP contribution >= 0.6 is 0 Å². The third-order valence-corrected chi connectivity index (χ3v) is 1.60. The number of benzene rings is 1. The molecular formula is C7H3F2NO4. The first-order valence-electron chi connectivity index (χ1n) is 3.52. The molecule has 5 nitrogen and oxygen atoms in total. The number of rotatable bonds is 1. The summed E-state index contributed by atoms with van der Waals surface area (Å²) in [5, 5.41) is 10.3. The highest BCUT2D eigenvalue weighted by molar-refractivity contribution is 5.50. The van der Waals surface area contributed by atoms with Gasteiger partial charge in [-0.05, 0) is 6.07 Å². The maximum absolute atomic E-state index is 12.5. The van der Waals surface area contributed by atoms with Gasteiger partial charge in [-0.1, -0.05) is 0 Å². The van der Waals surface area contributed by atoms with E-state index in [4.69, 9.17) is 0 Å². The van der Waals surface area contributed by atoms with Gasteiger partial charge in [-0.3, -0.25) is 10.1 Å². The Balaban J connectivity index is 2.40. The van der Waals surface area contributed by atoms with Gasteiger partial charge in [0.2, 0.25) is 0 Å². The van der Waals surface area contributed by atoms with Gasteiger partial charge >= 0.3 is 6.29 Å². The van der Waals surface area contributed by atoms with Crippen LogP contribution in [0.5, 0.6) is 11.5 Å². The van der Waals surface area contributed by atoms with Crippen LogP contribution in [0, 0.1) is 10.1 Å². The Morgan fingerprint density at radius 2 is 1.93 bits per heavy atom. The van der Waals surface area contributed by atoms with E-state index in [2.05, 4.69) is 9.47 Å². The molecule has 0 aromatic heterocycles. The predicted octanol–water partition coefficient (Wildman–Crippen LogP) is 1.92. The van der Waals surface area contributed by atoms with Crippen LogP contribution in [0.15, 0.2) is 18.2 Å². The number of nitrogens with zero attached hydrogens (tertiary/aromatic N) is 1. The maximum Gasteiger partial charge on any atom is 0.586 e. The Morgan fingerprint density at radius 3 is 2.57 bits per heavy atom. The molecule has 7 heteroatoms. The lowest BCUT2D eigenvalue weighted by Gasteiger charge is -2.04. The van der Waals surface area contributed by atoms with Crippen LogP contribution in [-0.2, 0) is 0 Å². The molecule has 1 aromatic rings. The zero-order valence-corrected chi connectivity index (χ0v) is 6.57. The second-order valence-corrected chi connectivity index (χ2v) is 2.56. The molecule has 0 amide bonds. The molecule has 0 N–H and O–H groups in total. The van der Waals surface area contributed by atoms with Crippen molar-refractivity contribution in [3.8, 4) is 11.5 Å². The first-order chi connectivity index (χ1) is 6.48. The van der Waals surface area contributed by atoms with E-state index in [1.807, 2.05) is 0 Å². The Hall–Kier alpha value is -1.92. The first kappa shape index (κ1) is 8.67. The van der Waals surface area contributed by atoms with E-state index in [9.17, 15) is 18.9 Å². The summed E-state index contributed by atoms with van der Waals surface area (Å²) in [6.07, 6.45) is -3.74. The molecule has 0 fully saturated rings. The van der Waals surface area contributed by atoms with Crippen molar-refractivity contribution in [1.82, 2.24) is 0 Å². The Morgan fingerprint density at radius 1 is 1.29 bits per heavy atom. The molecule has 0 atom stereocenters. The van der Waals surface area contributed by atoms with E-state index < -0.39 is 11.2 Å². The van der Waals surface area contributed by atoms with Crippen LogP contribution in [0.2, 0.25) is 0 Å². The third kappa shape index (κ3) is 1.32. The first-order valence-corrected chi connectivity index (χ1v) is 3.52.